The summed E-state index contributed by atoms with van der Waals surface area (Å²) in [4.78, 5) is 34.8. The molecule has 0 spiro atoms. The van der Waals surface area contributed by atoms with Gasteiger partial charge in [-0.1, -0.05) is 0 Å². The minimum atomic E-state index is -5.08. The molecule has 2 unspecified atom stereocenters. The second kappa shape index (κ2) is 10.1. The summed E-state index contributed by atoms with van der Waals surface area (Å²) in [5.74, 6) is -4.94. The number of rotatable bonds is 5. The largest absolute Gasteiger partial charge is 0.490 e. The van der Waals surface area contributed by atoms with Crippen molar-refractivity contribution in [2.24, 2.45) is 11.7 Å². The van der Waals surface area contributed by atoms with Gasteiger partial charge in [-0.05, 0) is 32.4 Å². The van der Waals surface area contributed by atoms with E-state index in [4.69, 9.17) is 20.4 Å². The number of aliphatic carboxylic acids is 1. The Labute approximate surface area is 211 Å². The van der Waals surface area contributed by atoms with Crippen molar-refractivity contribution in [1.82, 2.24) is 4.57 Å². The molecule has 2 atom stereocenters. The molecule has 0 aliphatic carbocycles. The van der Waals surface area contributed by atoms with Crippen molar-refractivity contribution in [2.75, 3.05) is 31.1 Å². The zero-order chi connectivity index (χ0) is 28.8. The third kappa shape index (κ3) is 5.16. The van der Waals surface area contributed by atoms with Gasteiger partial charge in [0.2, 0.25) is 5.43 Å². The van der Waals surface area contributed by atoms with E-state index in [1.807, 2.05) is 0 Å². The summed E-state index contributed by atoms with van der Waals surface area (Å²) in [6.07, 6.45) is -6.26. The number of carboxylic acid groups (broad SMARTS) is 2. The van der Waals surface area contributed by atoms with Crippen molar-refractivity contribution in [3.05, 3.63) is 39.9 Å². The number of carbonyl (C=O) groups is 2. The minimum Gasteiger partial charge on any atom is -0.477 e. The molecule has 38 heavy (non-hydrogen) atoms. The lowest BCUT2D eigenvalue weighted by molar-refractivity contribution is -0.192. The highest BCUT2D eigenvalue weighted by molar-refractivity contribution is 5.93. The van der Waals surface area contributed by atoms with Crippen molar-refractivity contribution >= 4 is 28.5 Å². The molecule has 0 saturated carbocycles. The first-order valence-electron chi connectivity index (χ1n) is 11.3. The quantitative estimate of drug-likeness (QED) is 0.481. The number of alkyl halides is 5. The van der Waals surface area contributed by atoms with Gasteiger partial charge >= 0.3 is 18.1 Å². The average Bonchev–Trinajstić information content (AvgIpc) is 3.36. The number of pyridine rings is 1. The second-order valence-electron chi connectivity index (χ2n) is 9.61. The van der Waals surface area contributed by atoms with Gasteiger partial charge in [0.15, 0.2) is 0 Å². The third-order valence-electron chi connectivity index (χ3n) is 6.89. The molecule has 3 heterocycles. The molecule has 9 nitrogen and oxygen atoms in total. The minimum absolute atomic E-state index is 0.0384. The van der Waals surface area contributed by atoms with E-state index in [0.717, 1.165) is 23.3 Å². The second-order valence-corrected chi connectivity index (χ2v) is 9.61. The summed E-state index contributed by atoms with van der Waals surface area (Å²) >= 11 is 0. The van der Waals surface area contributed by atoms with Gasteiger partial charge in [-0.2, -0.15) is 13.2 Å². The Hall–Kier alpha value is -3.33. The van der Waals surface area contributed by atoms with Gasteiger partial charge in [-0.3, -0.25) is 4.79 Å². The first kappa shape index (κ1) is 29.2. The van der Waals surface area contributed by atoms with Gasteiger partial charge < -0.3 is 30.2 Å². The lowest BCUT2D eigenvalue weighted by atomic mass is 9.91. The number of fused-ring (bicyclic) bond motifs is 2. The van der Waals surface area contributed by atoms with Gasteiger partial charge in [-0.15, -0.1) is 0 Å². The van der Waals surface area contributed by atoms with Crippen LogP contribution in [0.1, 0.15) is 30.6 Å². The highest BCUT2D eigenvalue weighted by Crippen LogP contribution is 2.41. The summed E-state index contributed by atoms with van der Waals surface area (Å²) in [6, 6.07) is 2.27. The number of aromatic nitrogens is 1. The maximum Gasteiger partial charge on any atom is 0.490 e. The van der Waals surface area contributed by atoms with Crippen molar-refractivity contribution in [3.63, 3.8) is 0 Å². The van der Waals surface area contributed by atoms with Crippen molar-refractivity contribution in [1.29, 1.82) is 0 Å². The van der Waals surface area contributed by atoms with Crippen molar-refractivity contribution < 1.29 is 50.9 Å². The first-order valence-corrected chi connectivity index (χ1v) is 11.3. The predicted molar refractivity (Wildman–Crippen MR) is 122 cm³/mol. The van der Waals surface area contributed by atoms with Crippen LogP contribution in [0.15, 0.2) is 23.1 Å². The Kier molecular flexibility index (Phi) is 7.76. The summed E-state index contributed by atoms with van der Waals surface area (Å²) < 4.78 is 81.4. The standard InChI is InChI=1S/C21H24F3N3O4.C2HF3O2/c1-20(2,19(23)24)27-8-13(18(29)30)17(28)12-5-14(22)16(6-15(12)27)26-7-11-3-4-31-21(11,9-25)10-26;3-2(4,5)1(6)7/h5-6,8,11,19H,3-4,7,9-10,25H2,1-2H3,(H,29,30);(H,6,7). The number of nitrogens with two attached hydrogens (primary N) is 1. The normalized spacial score (nSPS) is 21.4. The van der Waals surface area contributed by atoms with E-state index in [0.29, 0.717) is 19.7 Å². The van der Waals surface area contributed by atoms with Crippen LogP contribution in [0.4, 0.5) is 32.0 Å². The Morgan fingerprint density at radius 3 is 2.32 bits per heavy atom. The van der Waals surface area contributed by atoms with Gasteiger partial charge in [-0.25, -0.2) is 22.8 Å². The number of benzene rings is 1. The molecule has 2 saturated heterocycles. The molecule has 0 radical (unpaired) electrons. The molecule has 4 rings (SSSR count). The molecule has 210 valence electrons. The van der Waals surface area contributed by atoms with Gasteiger partial charge in [0, 0.05) is 43.7 Å². The van der Waals surface area contributed by atoms with Crippen LogP contribution < -0.4 is 16.1 Å². The zero-order valence-electron chi connectivity index (χ0n) is 20.2. The predicted octanol–water partition coefficient (Wildman–Crippen LogP) is 3.03. The Balaban J connectivity index is 0.000000505. The number of halogens is 6. The Bertz CT molecular complexity index is 1310. The molecule has 1 aromatic carbocycles. The van der Waals surface area contributed by atoms with Crippen LogP contribution in [0, 0.1) is 11.7 Å². The smallest absolute Gasteiger partial charge is 0.477 e. The van der Waals surface area contributed by atoms with Crippen molar-refractivity contribution in [3.8, 4) is 0 Å². The van der Waals surface area contributed by atoms with Crippen LogP contribution >= 0.6 is 0 Å². The monoisotopic (exact) mass is 553 g/mol. The molecule has 0 amide bonds. The van der Waals surface area contributed by atoms with E-state index in [-0.39, 0.29) is 29.1 Å². The number of nitrogens with zero attached hydrogens (tertiary/aromatic N) is 2. The molecule has 2 fully saturated rings. The lowest BCUT2D eigenvalue weighted by Crippen LogP contribution is -2.44. The van der Waals surface area contributed by atoms with E-state index in [1.165, 1.54) is 19.9 Å². The van der Waals surface area contributed by atoms with E-state index < -0.39 is 52.5 Å². The van der Waals surface area contributed by atoms with Crippen LogP contribution in [0.25, 0.3) is 10.9 Å². The molecule has 4 N–H and O–H groups in total. The molecule has 1 aromatic heterocycles. The van der Waals surface area contributed by atoms with E-state index in [2.05, 4.69) is 0 Å². The van der Waals surface area contributed by atoms with Gasteiger partial charge in [0.1, 0.15) is 17.0 Å². The molecular weight excluding hydrogens is 528 g/mol. The maximum absolute atomic E-state index is 15.1. The number of hydrogen-bond acceptors (Lipinski definition) is 6. The fourth-order valence-electron chi connectivity index (χ4n) is 4.66. The summed E-state index contributed by atoms with van der Waals surface area (Å²) in [7, 11) is 0. The molecule has 2 aliphatic rings. The molecule has 2 aliphatic heterocycles. The summed E-state index contributed by atoms with van der Waals surface area (Å²) in [5, 5.41) is 16.2. The molecule has 15 heteroatoms. The average molecular weight is 553 g/mol. The number of ether oxygens (including phenoxy) is 1. The maximum atomic E-state index is 15.1. The van der Waals surface area contributed by atoms with Crippen LogP contribution in [-0.2, 0) is 15.1 Å². The number of carboxylic acids is 2. The molecular formula is C23H25F6N3O6. The number of anilines is 1. The zero-order valence-corrected chi connectivity index (χ0v) is 20.2. The topological polar surface area (TPSA) is 135 Å². The fourth-order valence-corrected chi connectivity index (χ4v) is 4.66. The molecule has 2 aromatic rings. The van der Waals surface area contributed by atoms with Crippen LogP contribution in [0.3, 0.4) is 0 Å². The van der Waals surface area contributed by atoms with E-state index >= 15 is 4.39 Å². The van der Waals surface area contributed by atoms with Crippen LogP contribution in [0.2, 0.25) is 0 Å². The Morgan fingerprint density at radius 2 is 1.84 bits per heavy atom. The van der Waals surface area contributed by atoms with Gasteiger partial charge in [0.05, 0.1) is 16.7 Å². The van der Waals surface area contributed by atoms with Crippen LogP contribution in [0.5, 0.6) is 0 Å². The number of aromatic carboxylic acids is 1. The molecule has 0 bridgehead atoms. The summed E-state index contributed by atoms with van der Waals surface area (Å²) in [6.45, 7) is 4.13. The van der Waals surface area contributed by atoms with E-state index in [1.54, 1.807) is 4.90 Å². The van der Waals surface area contributed by atoms with Crippen LogP contribution in [-0.4, -0.2) is 71.2 Å². The van der Waals surface area contributed by atoms with Crippen molar-refractivity contribution in [2.45, 2.75) is 44.0 Å². The van der Waals surface area contributed by atoms with Gasteiger partial charge in [0.25, 0.3) is 6.43 Å². The fraction of sp³-hybridized carbons (Fsp3) is 0.522. The lowest BCUT2D eigenvalue weighted by Gasteiger charge is -2.31. The number of hydrogen-bond donors (Lipinski definition) is 3. The first-order chi connectivity index (χ1) is 17.5. The van der Waals surface area contributed by atoms with E-state index in [9.17, 15) is 36.6 Å². The Morgan fingerprint density at radius 1 is 1.24 bits per heavy atom. The highest BCUT2D eigenvalue weighted by atomic mass is 19.4. The highest BCUT2D eigenvalue weighted by Gasteiger charge is 2.50. The SMILES string of the molecule is CC(C)(C(F)F)n1cc(C(=O)O)c(=O)c2cc(F)c(N3CC4CCOC4(CN)C3)cc21.O=C(O)C(F)(F)F. The summed E-state index contributed by atoms with van der Waals surface area (Å²) in [5.41, 5.74) is 2.06. The third-order valence-corrected chi connectivity index (χ3v) is 6.89.